The van der Waals surface area contributed by atoms with E-state index in [1.807, 2.05) is 0 Å². The molecule has 0 heterocycles. The molecule has 0 atom stereocenters. The molecule has 0 amide bonds. The van der Waals surface area contributed by atoms with Crippen molar-refractivity contribution in [3.05, 3.63) is 29.8 Å². The van der Waals surface area contributed by atoms with Gasteiger partial charge in [0.05, 0.1) is 0 Å². The van der Waals surface area contributed by atoms with Crippen LogP contribution in [0.4, 0.5) is 0 Å². The largest absolute Gasteiger partial charge is 0.409 e. The highest BCUT2D eigenvalue weighted by molar-refractivity contribution is 6.54. The minimum absolute atomic E-state index is 0.00510. The van der Waals surface area contributed by atoms with Gasteiger partial charge >= 0.3 is 20.4 Å². The quantitative estimate of drug-likeness (QED) is 0.446. The van der Waals surface area contributed by atoms with Gasteiger partial charge in [0.2, 0.25) is 0 Å². The van der Waals surface area contributed by atoms with Gasteiger partial charge in [-0.2, -0.15) is 3.69 Å². The molecule has 0 aliphatic carbocycles. The summed E-state index contributed by atoms with van der Waals surface area (Å²) in [5, 5.41) is 0. The van der Waals surface area contributed by atoms with Crippen molar-refractivity contribution in [2.75, 3.05) is 0 Å². The summed E-state index contributed by atoms with van der Waals surface area (Å²) in [7, 11) is 0. The van der Waals surface area contributed by atoms with Gasteiger partial charge < -0.3 is 0 Å². The lowest BCUT2D eigenvalue weighted by Crippen LogP contribution is -2.18. The normalized spacial score (nSPS) is 10.2. The van der Waals surface area contributed by atoms with Gasteiger partial charge in [-0.15, -0.1) is 4.55 Å². The van der Waals surface area contributed by atoms with Crippen LogP contribution < -0.4 is 3.69 Å². The number of hydrogen-bond acceptors (Lipinski definition) is 0. The summed E-state index contributed by atoms with van der Waals surface area (Å²) >= 11 is 0.00510. The van der Waals surface area contributed by atoms with Crippen molar-refractivity contribution in [3.63, 3.8) is 0 Å². The second kappa shape index (κ2) is 9.96. The summed E-state index contributed by atoms with van der Waals surface area (Å²) in [5.74, 6) is 0. The fraction of sp³-hybridized carbons (Fsp3) is 0.625. The monoisotopic (exact) mass is 242 g/mol. The van der Waals surface area contributed by atoms with E-state index in [0.29, 0.717) is 0 Å². The molecule has 0 fully saturated rings. The fourth-order valence-corrected chi connectivity index (χ4v) is 4.26. The molecule has 0 aromatic heterocycles. The van der Waals surface area contributed by atoms with Crippen molar-refractivity contribution in [1.29, 1.82) is 0 Å². The summed E-state index contributed by atoms with van der Waals surface area (Å²) in [6, 6.07) is 9.19. The van der Waals surface area contributed by atoms with E-state index in [4.69, 9.17) is 0 Å². The molecule has 0 spiro atoms. The maximum Gasteiger partial charge on any atom is 0.409 e. The second-order valence-electron chi connectivity index (χ2n) is 5.04. The van der Waals surface area contributed by atoms with Crippen molar-refractivity contribution in [1.82, 2.24) is 0 Å². The van der Waals surface area contributed by atoms with E-state index >= 15 is 0 Å². The van der Waals surface area contributed by atoms with Crippen molar-refractivity contribution >= 4 is 24.1 Å². The molecule has 0 aliphatic heterocycles. The highest BCUT2D eigenvalue weighted by Gasteiger charge is 2.04. The maximum atomic E-state index is 2.39. The van der Waals surface area contributed by atoms with E-state index < -0.39 is 0 Å². The minimum Gasteiger partial charge on any atom is -0.171 e. The molecular formula is C16H26Mg. The molecular weight excluding hydrogens is 216 g/mol. The van der Waals surface area contributed by atoms with Gasteiger partial charge in [-0.25, -0.2) is 0 Å². The van der Waals surface area contributed by atoms with Gasteiger partial charge in [0.1, 0.15) is 0 Å². The van der Waals surface area contributed by atoms with Crippen molar-refractivity contribution in [2.45, 2.75) is 63.3 Å². The third-order valence-electron chi connectivity index (χ3n) is 3.47. The van der Waals surface area contributed by atoms with Crippen LogP contribution in [0.25, 0.3) is 0 Å². The molecule has 0 nitrogen and oxygen atoms in total. The molecule has 1 aromatic carbocycles. The Bertz CT molecular complexity index is 293. The highest BCUT2D eigenvalue weighted by Crippen LogP contribution is 2.06. The van der Waals surface area contributed by atoms with Crippen molar-refractivity contribution in [2.24, 2.45) is 0 Å². The average Bonchev–Trinajstić information content (AvgIpc) is 2.36. The van der Waals surface area contributed by atoms with Gasteiger partial charge in [0.15, 0.2) is 0 Å². The first kappa shape index (κ1) is 15.0. The molecule has 1 heteroatoms. The molecule has 0 saturated carbocycles. The van der Waals surface area contributed by atoms with Gasteiger partial charge in [-0.3, -0.25) is 0 Å². The minimum atomic E-state index is 0.00510. The SMILES string of the molecule is CCCC[CH2][Mg][c]1ccccc1CCCCC. The van der Waals surface area contributed by atoms with E-state index in [2.05, 4.69) is 38.1 Å². The van der Waals surface area contributed by atoms with Crippen molar-refractivity contribution < 1.29 is 0 Å². The molecule has 0 bridgehead atoms. The third kappa shape index (κ3) is 6.47. The third-order valence-corrected chi connectivity index (χ3v) is 5.55. The van der Waals surface area contributed by atoms with E-state index in [1.54, 1.807) is 9.26 Å². The highest BCUT2D eigenvalue weighted by atomic mass is 24.5. The van der Waals surface area contributed by atoms with Crippen LogP contribution >= 0.6 is 0 Å². The Hall–Kier alpha value is -0.0138. The summed E-state index contributed by atoms with van der Waals surface area (Å²) in [5.41, 5.74) is 1.66. The number of unbranched alkanes of at least 4 members (excludes halogenated alkanes) is 4. The van der Waals surface area contributed by atoms with Crippen LogP contribution in [0, 0.1) is 0 Å². The van der Waals surface area contributed by atoms with Crippen LogP contribution in [0.3, 0.4) is 0 Å². The Kier molecular flexibility index (Phi) is 8.81. The molecule has 92 valence electrons. The van der Waals surface area contributed by atoms with Crippen LogP contribution in [0.15, 0.2) is 24.3 Å². The van der Waals surface area contributed by atoms with Gasteiger partial charge in [0, 0.05) is 0 Å². The van der Waals surface area contributed by atoms with Crippen LogP contribution in [-0.2, 0) is 6.42 Å². The van der Waals surface area contributed by atoms with Crippen LogP contribution in [0.2, 0.25) is 4.55 Å². The molecule has 0 unspecified atom stereocenters. The standard InChI is InChI=1S/C11H15.C5H11.Mg/c1-2-3-5-8-11-9-6-4-7-10-11;1-3-5-4-2;/h4,6-7,9H,2-3,5,8H2,1H3;1,3-5H2,2H3;. The van der Waals surface area contributed by atoms with Crippen LogP contribution in [-0.4, -0.2) is 20.4 Å². The molecule has 17 heavy (non-hydrogen) atoms. The average molecular weight is 243 g/mol. The first-order chi connectivity index (χ1) is 8.38. The molecule has 0 radical (unpaired) electrons. The summed E-state index contributed by atoms with van der Waals surface area (Å²) in [4.78, 5) is 0. The Labute approximate surface area is 117 Å². The summed E-state index contributed by atoms with van der Waals surface area (Å²) in [6.07, 6.45) is 9.62. The number of aryl methyl sites for hydroxylation is 1. The van der Waals surface area contributed by atoms with E-state index in [0.717, 1.165) is 0 Å². The smallest absolute Gasteiger partial charge is 0.171 e. The first-order valence-electron chi connectivity index (χ1n) is 7.45. The van der Waals surface area contributed by atoms with Gasteiger partial charge in [-0.05, 0) is 12.8 Å². The Morgan fingerprint density at radius 3 is 2.35 bits per heavy atom. The topological polar surface area (TPSA) is 0 Å². The van der Waals surface area contributed by atoms with Crippen molar-refractivity contribution in [3.8, 4) is 0 Å². The van der Waals surface area contributed by atoms with Crippen LogP contribution in [0.1, 0.15) is 57.9 Å². The first-order valence-corrected chi connectivity index (χ1v) is 9.16. The zero-order valence-corrected chi connectivity index (χ0v) is 13.1. The zero-order chi connectivity index (χ0) is 12.3. The molecule has 1 rings (SSSR count). The van der Waals surface area contributed by atoms with Gasteiger partial charge in [-0.1, -0.05) is 75.8 Å². The van der Waals surface area contributed by atoms with Crippen LogP contribution in [0.5, 0.6) is 0 Å². The van der Waals surface area contributed by atoms with E-state index in [9.17, 15) is 0 Å². The Morgan fingerprint density at radius 2 is 1.59 bits per heavy atom. The number of rotatable bonds is 9. The molecule has 0 N–H and O–H groups in total. The second-order valence-corrected chi connectivity index (χ2v) is 7.01. The maximum absolute atomic E-state index is 2.39. The predicted octanol–water partition coefficient (Wildman–Crippen LogP) is 4.36. The lowest BCUT2D eigenvalue weighted by molar-refractivity contribution is 0.719. The molecule has 0 aliphatic rings. The Morgan fingerprint density at radius 1 is 0.882 bits per heavy atom. The summed E-state index contributed by atoms with van der Waals surface area (Å²) < 4.78 is 3.23. The lowest BCUT2D eigenvalue weighted by Gasteiger charge is -2.09. The zero-order valence-electron chi connectivity index (χ0n) is 11.7. The summed E-state index contributed by atoms with van der Waals surface area (Å²) in [6.45, 7) is 4.58. The lowest BCUT2D eigenvalue weighted by atomic mass is 10.1. The predicted molar refractivity (Wildman–Crippen MR) is 79.4 cm³/mol. The molecule has 1 aromatic rings. The number of hydrogen-bond donors (Lipinski definition) is 0. The fourth-order valence-electron chi connectivity index (χ4n) is 2.35. The van der Waals surface area contributed by atoms with Gasteiger partial charge in [0.25, 0.3) is 0 Å². The van der Waals surface area contributed by atoms with E-state index in [-0.39, 0.29) is 20.4 Å². The van der Waals surface area contributed by atoms with E-state index in [1.165, 1.54) is 49.5 Å². The number of benzene rings is 1. The molecule has 0 saturated heterocycles. The Balaban J connectivity index is 2.40.